The summed E-state index contributed by atoms with van der Waals surface area (Å²) in [4.78, 5) is 16.7. The number of amides is 1. The zero-order chi connectivity index (χ0) is 15.4. The lowest BCUT2D eigenvalue weighted by atomic mass is 9.82. The van der Waals surface area contributed by atoms with Crippen LogP contribution in [0.1, 0.15) is 44.6 Å². The third-order valence-corrected chi connectivity index (χ3v) is 4.93. The summed E-state index contributed by atoms with van der Waals surface area (Å²) in [5.74, 6) is 0.216. The lowest BCUT2D eigenvalue weighted by Gasteiger charge is -2.26. The summed E-state index contributed by atoms with van der Waals surface area (Å²) in [7, 11) is 0. The normalized spacial score (nSPS) is 16.6. The largest absolute Gasteiger partial charge is 0.351 e. The predicted octanol–water partition coefficient (Wildman–Crippen LogP) is 3.46. The molecule has 1 N–H and O–H groups in total. The van der Waals surface area contributed by atoms with Crippen LogP contribution < -0.4 is 5.32 Å². The fraction of sp³-hybridized carbons (Fsp3) is 0.444. The Morgan fingerprint density at radius 1 is 1.32 bits per heavy atom. The molecule has 2 aromatic rings. The minimum Gasteiger partial charge on any atom is -0.351 e. The zero-order valence-corrected chi connectivity index (χ0v) is 13.1. The molecule has 1 fully saturated rings. The molecule has 4 heteroatoms. The van der Waals surface area contributed by atoms with Gasteiger partial charge in [0.15, 0.2) is 0 Å². The molecule has 4 nitrogen and oxygen atoms in total. The van der Waals surface area contributed by atoms with Crippen molar-refractivity contribution in [1.82, 2.24) is 14.9 Å². The summed E-state index contributed by atoms with van der Waals surface area (Å²) < 4.78 is 1.98. The summed E-state index contributed by atoms with van der Waals surface area (Å²) >= 11 is 0. The number of carbonyl (C=O) groups excluding carboxylic acids is 1. The molecule has 22 heavy (non-hydrogen) atoms. The molecule has 1 heterocycles. The van der Waals surface area contributed by atoms with E-state index in [0.29, 0.717) is 6.54 Å². The quantitative estimate of drug-likeness (QED) is 0.918. The Balaban J connectivity index is 1.73. The van der Waals surface area contributed by atoms with Crippen LogP contribution in [0.4, 0.5) is 0 Å². The second-order valence-corrected chi connectivity index (χ2v) is 6.12. The van der Waals surface area contributed by atoms with Gasteiger partial charge in [0, 0.05) is 24.4 Å². The number of nitrogens with zero attached hydrogens (tertiary/aromatic N) is 2. The number of rotatable bonds is 5. The fourth-order valence-electron chi connectivity index (χ4n) is 3.47. The van der Waals surface area contributed by atoms with Gasteiger partial charge in [0.2, 0.25) is 5.91 Å². The number of hydrogen-bond acceptors (Lipinski definition) is 2. The first-order valence-corrected chi connectivity index (χ1v) is 8.10. The number of carbonyl (C=O) groups is 1. The maximum absolute atomic E-state index is 12.6. The van der Waals surface area contributed by atoms with Crippen LogP contribution in [0.5, 0.6) is 0 Å². The van der Waals surface area contributed by atoms with E-state index in [1.807, 2.05) is 29.0 Å². The van der Waals surface area contributed by atoms with Crippen LogP contribution in [0, 0.1) is 5.41 Å². The van der Waals surface area contributed by atoms with Crippen molar-refractivity contribution in [3.05, 3.63) is 48.5 Å². The van der Waals surface area contributed by atoms with Crippen molar-refractivity contribution in [2.75, 3.05) is 0 Å². The molecule has 0 aliphatic heterocycles. The minimum atomic E-state index is -0.135. The third-order valence-electron chi connectivity index (χ3n) is 4.93. The number of nitrogens with one attached hydrogen (secondary N) is 1. The predicted molar refractivity (Wildman–Crippen MR) is 86.6 cm³/mol. The third kappa shape index (κ3) is 2.78. The van der Waals surface area contributed by atoms with E-state index in [0.717, 1.165) is 30.5 Å². The molecular formula is C18H23N3O. The molecule has 1 saturated carbocycles. The summed E-state index contributed by atoms with van der Waals surface area (Å²) in [6.45, 7) is 2.69. The Morgan fingerprint density at radius 2 is 2.09 bits per heavy atom. The van der Waals surface area contributed by atoms with Crippen molar-refractivity contribution in [1.29, 1.82) is 0 Å². The first-order chi connectivity index (χ1) is 10.7. The monoisotopic (exact) mass is 297 g/mol. The van der Waals surface area contributed by atoms with Crippen LogP contribution in [0.3, 0.4) is 0 Å². The van der Waals surface area contributed by atoms with Crippen LogP contribution in [0.2, 0.25) is 0 Å². The van der Waals surface area contributed by atoms with Gasteiger partial charge in [-0.3, -0.25) is 4.79 Å². The van der Waals surface area contributed by atoms with Crippen molar-refractivity contribution in [2.24, 2.45) is 5.41 Å². The number of imidazole rings is 1. The van der Waals surface area contributed by atoms with Crippen molar-refractivity contribution < 1.29 is 4.79 Å². The van der Waals surface area contributed by atoms with Gasteiger partial charge in [-0.25, -0.2) is 4.98 Å². The number of hydrogen-bond donors (Lipinski definition) is 1. The van der Waals surface area contributed by atoms with Crippen LogP contribution in [-0.4, -0.2) is 15.5 Å². The summed E-state index contributed by atoms with van der Waals surface area (Å²) in [6.07, 6.45) is 10.8. The summed E-state index contributed by atoms with van der Waals surface area (Å²) in [6, 6.07) is 8.12. The molecule has 1 aliphatic carbocycles. The molecule has 0 saturated heterocycles. The van der Waals surface area contributed by atoms with Gasteiger partial charge in [-0.15, -0.1) is 0 Å². The Kier molecular flexibility index (Phi) is 4.27. The summed E-state index contributed by atoms with van der Waals surface area (Å²) in [5.41, 5.74) is 2.04. The lowest BCUT2D eigenvalue weighted by Crippen LogP contribution is -2.38. The van der Waals surface area contributed by atoms with E-state index in [9.17, 15) is 4.79 Å². The van der Waals surface area contributed by atoms with Crippen molar-refractivity contribution in [2.45, 2.75) is 45.6 Å². The maximum Gasteiger partial charge on any atom is 0.226 e. The second-order valence-electron chi connectivity index (χ2n) is 6.12. The van der Waals surface area contributed by atoms with Gasteiger partial charge in [0.1, 0.15) is 0 Å². The van der Waals surface area contributed by atoms with Crippen molar-refractivity contribution in [3.63, 3.8) is 0 Å². The van der Waals surface area contributed by atoms with Gasteiger partial charge in [0.25, 0.3) is 0 Å². The molecule has 1 aliphatic rings. The highest BCUT2D eigenvalue weighted by Crippen LogP contribution is 2.41. The van der Waals surface area contributed by atoms with E-state index in [1.165, 1.54) is 12.8 Å². The highest BCUT2D eigenvalue weighted by Gasteiger charge is 2.38. The van der Waals surface area contributed by atoms with Gasteiger partial charge in [0.05, 0.1) is 12.0 Å². The van der Waals surface area contributed by atoms with Gasteiger partial charge in [-0.1, -0.05) is 38.0 Å². The SMILES string of the molecule is CCC1(C(=O)NCc2ccccc2-n2ccnc2)CCCC1. The molecule has 0 atom stereocenters. The number of aromatic nitrogens is 2. The van der Waals surface area contributed by atoms with E-state index in [-0.39, 0.29) is 11.3 Å². The highest BCUT2D eigenvalue weighted by atomic mass is 16.2. The molecule has 0 unspecified atom stereocenters. The molecule has 1 amide bonds. The molecule has 0 bridgehead atoms. The topological polar surface area (TPSA) is 46.9 Å². The van der Waals surface area contributed by atoms with Crippen LogP contribution in [-0.2, 0) is 11.3 Å². The smallest absolute Gasteiger partial charge is 0.226 e. The lowest BCUT2D eigenvalue weighted by molar-refractivity contribution is -0.131. The average molecular weight is 297 g/mol. The van der Waals surface area contributed by atoms with Gasteiger partial charge in [-0.05, 0) is 30.9 Å². The van der Waals surface area contributed by atoms with Crippen LogP contribution >= 0.6 is 0 Å². The average Bonchev–Trinajstić information content (AvgIpc) is 3.24. The fourth-order valence-corrected chi connectivity index (χ4v) is 3.47. The molecule has 3 rings (SSSR count). The van der Waals surface area contributed by atoms with E-state index in [1.54, 1.807) is 12.5 Å². The number of benzene rings is 1. The zero-order valence-electron chi connectivity index (χ0n) is 13.1. The van der Waals surface area contributed by atoms with E-state index < -0.39 is 0 Å². The Bertz CT molecular complexity index is 628. The van der Waals surface area contributed by atoms with Gasteiger partial charge in [-0.2, -0.15) is 0 Å². The standard InChI is InChI=1S/C18H23N3O/c1-2-18(9-5-6-10-18)17(22)20-13-15-7-3-4-8-16(15)21-12-11-19-14-21/h3-4,7-8,11-12,14H,2,5-6,9-10,13H2,1H3,(H,20,22). The Labute approximate surface area is 131 Å². The molecule has 1 aromatic heterocycles. The molecule has 0 spiro atoms. The second kappa shape index (κ2) is 6.34. The van der Waals surface area contributed by atoms with E-state index >= 15 is 0 Å². The van der Waals surface area contributed by atoms with Gasteiger partial charge < -0.3 is 9.88 Å². The number of para-hydroxylation sites is 1. The Hall–Kier alpha value is -2.10. The molecular weight excluding hydrogens is 274 g/mol. The van der Waals surface area contributed by atoms with Gasteiger partial charge >= 0.3 is 0 Å². The Morgan fingerprint density at radius 3 is 2.77 bits per heavy atom. The molecule has 116 valence electrons. The van der Waals surface area contributed by atoms with Crippen LogP contribution in [0.25, 0.3) is 5.69 Å². The first-order valence-electron chi connectivity index (χ1n) is 8.10. The van der Waals surface area contributed by atoms with Crippen LogP contribution in [0.15, 0.2) is 43.0 Å². The van der Waals surface area contributed by atoms with E-state index in [4.69, 9.17) is 0 Å². The molecule has 0 radical (unpaired) electrons. The molecule has 1 aromatic carbocycles. The first kappa shape index (κ1) is 14.8. The van der Waals surface area contributed by atoms with E-state index in [2.05, 4.69) is 23.3 Å². The minimum absolute atomic E-state index is 0.135. The maximum atomic E-state index is 12.6. The summed E-state index contributed by atoms with van der Waals surface area (Å²) in [5, 5.41) is 3.16. The highest BCUT2D eigenvalue weighted by molar-refractivity contribution is 5.82. The van der Waals surface area contributed by atoms with Crippen molar-refractivity contribution in [3.8, 4) is 5.69 Å². The van der Waals surface area contributed by atoms with Crippen molar-refractivity contribution >= 4 is 5.91 Å².